The highest BCUT2D eigenvalue weighted by atomic mass is 32.2. The first-order valence-electron chi connectivity index (χ1n) is 13.9. The monoisotopic (exact) mass is 592 g/mol. The number of benzene rings is 1. The molecule has 226 valence electrons. The summed E-state index contributed by atoms with van der Waals surface area (Å²) in [6.45, 7) is 3.59. The van der Waals surface area contributed by atoms with E-state index in [2.05, 4.69) is 17.2 Å². The van der Waals surface area contributed by atoms with E-state index in [0.717, 1.165) is 25.7 Å². The van der Waals surface area contributed by atoms with Crippen LogP contribution in [0.2, 0.25) is 0 Å². The van der Waals surface area contributed by atoms with Crippen LogP contribution >= 0.6 is 0 Å². The first-order valence-corrected chi connectivity index (χ1v) is 15.4. The smallest absolute Gasteiger partial charge is 0.408 e. The predicted octanol–water partition coefficient (Wildman–Crippen LogP) is 2.88. The van der Waals surface area contributed by atoms with Gasteiger partial charge in [0.05, 0.1) is 12.8 Å². The van der Waals surface area contributed by atoms with Gasteiger partial charge in [-0.3, -0.25) is 9.59 Å². The molecule has 1 aromatic carbocycles. The molecule has 0 heterocycles. The van der Waals surface area contributed by atoms with Crippen molar-refractivity contribution in [1.82, 2.24) is 10.0 Å². The van der Waals surface area contributed by atoms with Gasteiger partial charge in [0.15, 0.2) is 0 Å². The number of carbonyl (C=O) groups is 4. The van der Waals surface area contributed by atoms with Crippen LogP contribution in [0.5, 0.6) is 0 Å². The number of ether oxygens (including phenoxy) is 2. The van der Waals surface area contributed by atoms with E-state index in [1.165, 1.54) is 31.4 Å². The van der Waals surface area contributed by atoms with Crippen LogP contribution in [0, 0.1) is 5.92 Å². The second-order valence-corrected chi connectivity index (χ2v) is 12.2. The van der Waals surface area contributed by atoms with E-state index >= 15 is 0 Å². The molecule has 0 unspecified atom stereocenters. The highest BCUT2D eigenvalue weighted by Crippen LogP contribution is 2.42. The van der Waals surface area contributed by atoms with Crippen LogP contribution < -0.4 is 21.1 Å². The molecule has 3 amide bonds. The Hall–Kier alpha value is -3.45. The van der Waals surface area contributed by atoms with Crippen LogP contribution in [0.15, 0.2) is 41.8 Å². The van der Waals surface area contributed by atoms with Crippen LogP contribution in [0.1, 0.15) is 70.6 Å². The van der Waals surface area contributed by atoms with Gasteiger partial charge in [-0.05, 0) is 57.1 Å². The molecule has 0 bridgehead atoms. The molecule has 0 aliphatic heterocycles. The van der Waals surface area contributed by atoms with E-state index in [1.54, 1.807) is 6.07 Å². The summed E-state index contributed by atoms with van der Waals surface area (Å²) in [5.74, 6) is -2.05. The van der Waals surface area contributed by atoms with Crippen molar-refractivity contribution < 1.29 is 37.1 Å². The fourth-order valence-electron chi connectivity index (χ4n) is 4.86. The van der Waals surface area contributed by atoms with Crippen LogP contribution in [-0.4, -0.2) is 57.1 Å². The van der Waals surface area contributed by atoms with Crippen molar-refractivity contribution in [3.05, 3.63) is 36.9 Å². The average Bonchev–Trinajstić information content (AvgIpc) is 3.35. The van der Waals surface area contributed by atoms with Crippen LogP contribution in [0.3, 0.4) is 0 Å². The van der Waals surface area contributed by atoms with E-state index in [0.29, 0.717) is 38.5 Å². The highest BCUT2D eigenvalue weighted by Gasteiger charge is 2.56. The SMILES string of the molecule is C=C[C@@H]1C[C@@]1(N)C(=O)NS(=O)(=O)c1ccccc1NC(=O)CCCCCC[C@H](NC(=O)OC1CCCC1)C(=O)OC. The molecule has 41 heavy (non-hydrogen) atoms. The Morgan fingerprint density at radius 2 is 1.80 bits per heavy atom. The number of unbranched alkanes of at least 4 members (excludes halogenated alkanes) is 3. The molecule has 0 radical (unpaired) electrons. The number of nitrogens with one attached hydrogen (secondary N) is 3. The molecule has 12 nitrogen and oxygen atoms in total. The lowest BCUT2D eigenvalue weighted by Crippen LogP contribution is -2.46. The minimum Gasteiger partial charge on any atom is -0.467 e. The molecule has 1 aromatic rings. The average molecular weight is 593 g/mol. The molecule has 3 rings (SSSR count). The third kappa shape index (κ3) is 9.02. The fourth-order valence-corrected chi connectivity index (χ4v) is 6.07. The molecular formula is C28H40N4O8S. The maximum atomic E-state index is 12.9. The van der Waals surface area contributed by atoms with Gasteiger partial charge >= 0.3 is 12.1 Å². The Morgan fingerprint density at radius 1 is 1.12 bits per heavy atom. The number of nitrogens with two attached hydrogens (primary N) is 1. The number of hydrogen-bond acceptors (Lipinski definition) is 9. The molecule has 3 atom stereocenters. The van der Waals surface area contributed by atoms with Crippen molar-refractivity contribution in [2.45, 2.75) is 93.2 Å². The van der Waals surface area contributed by atoms with Crippen molar-refractivity contribution in [3.8, 4) is 0 Å². The molecule has 2 aliphatic rings. The lowest BCUT2D eigenvalue weighted by molar-refractivity contribution is -0.143. The minimum absolute atomic E-state index is 0.0522. The summed E-state index contributed by atoms with van der Waals surface area (Å²) in [4.78, 5) is 49.0. The Morgan fingerprint density at radius 3 is 2.46 bits per heavy atom. The molecule has 2 saturated carbocycles. The zero-order chi connectivity index (χ0) is 30.0. The molecule has 2 fully saturated rings. The zero-order valence-corrected chi connectivity index (χ0v) is 24.2. The number of hydrogen-bond donors (Lipinski definition) is 4. The molecule has 0 spiro atoms. The Bertz CT molecular complexity index is 1230. The maximum Gasteiger partial charge on any atom is 0.408 e. The molecular weight excluding hydrogens is 552 g/mol. The zero-order valence-electron chi connectivity index (χ0n) is 23.4. The summed E-state index contributed by atoms with van der Waals surface area (Å²) < 4.78 is 38.0. The molecule has 5 N–H and O–H groups in total. The number of carbonyl (C=O) groups excluding carboxylic acids is 4. The summed E-state index contributed by atoms with van der Waals surface area (Å²) in [7, 11) is -3.02. The number of sulfonamides is 1. The van der Waals surface area contributed by atoms with E-state index < -0.39 is 39.6 Å². The van der Waals surface area contributed by atoms with Crippen molar-refractivity contribution in [2.75, 3.05) is 12.4 Å². The van der Waals surface area contributed by atoms with Gasteiger partial charge in [0, 0.05) is 12.3 Å². The van der Waals surface area contributed by atoms with Crippen LogP contribution in [0.4, 0.5) is 10.5 Å². The number of esters is 1. The minimum atomic E-state index is -4.28. The van der Waals surface area contributed by atoms with Crippen LogP contribution in [0.25, 0.3) is 0 Å². The number of rotatable bonds is 15. The first kappa shape index (κ1) is 32.1. The summed E-state index contributed by atoms with van der Waals surface area (Å²) in [6.07, 6.45) is 7.80. The number of amides is 3. The third-order valence-corrected chi connectivity index (χ3v) is 8.83. The predicted molar refractivity (Wildman–Crippen MR) is 151 cm³/mol. The van der Waals surface area contributed by atoms with E-state index in [9.17, 15) is 27.6 Å². The second kappa shape index (κ2) is 14.4. The topological polar surface area (TPSA) is 183 Å². The number of anilines is 1. The highest BCUT2D eigenvalue weighted by molar-refractivity contribution is 7.90. The maximum absolute atomic E-state index is 12.9. The van der Waals surface area contributed by atoms with Gasteiger partial charge in [-0.1, -0.05) is 37.5 Å². The number of para-hydroxylation sites is 1. The number of methoxy groups -OCH3 is 1. The van der Waals surface area contributed by atoms with Gasteiger partial charge in [-0.25, -0.2) is 22.7 Å². The van der Waals surface area contributed by atoms with Gasteiger partial charge in [0.25, 0.3) is 15.9 Å². The van der Waals surface area contributed by atoms with Gasteiger partial charge in [-0.2, -0.15) is 0 Å². The molecule has 13 heteroatoms. The van der Waals surface area contributed by atoms with Crippen molar-refractivity contribution in [1.29, 1.82) is 0 Å². The van der Waals surface area contributed by atoms with Gasteiger partial charge in [0.2, 0.25) is 5.91 Å². The van der Waals surface area contributed by atoms with Gasteiger partial charge in [0.1, 0.15) is 22.6 Å². The van der Waals surface area contributed by atoms with Gasteiger partial charge < -0.3 is 25.8 Å². The number of alkyl carbamates (subject to hydrolysis) is 1. The van der Waals surface area contributed by atoms with Gasteiger partial charge in [-0.15, -0.1) is 6.58 Å². The molecule has 0 saturated heterocycles. The largest absolute Gasteiger partial charge is 0.467 e. The molecule has 0 aromatic heterocycles. The van der Waals surface area contributed by atoms with Crippen LogP contribution in [-0.2, 0) is 33.9 Å². The Labute approximate surface area is 240 Å². The van der Waals surface area contributed by atoms with Crippen molar-refractivity contribution >= 4 is 39.6 Å². The Balaban J connectivity index is 1.41. The summed E-state index contributed by atoms with van der Waals surface area (Å²) in [5, 5.41) is 5.20. The van der Waals surface area contributed by atoms with E-state index in [4.69, 9.17) is 15.2 Å². The van der Waals surface area contributed by atoms with Crippen molar-refractivity contribution in [2.24, 2.45) is 11.7 Å². The third-order valence-electron chi connectivity index (χ3n) is 7.44. The van der Waals surface area contributed by atoms with Crippen molar-refractivity contribution in [3.63, 3.8) is 0 Å². The summed E-state index contributed by atoms with van der Waals surface area (Å²) >= 11 is 0. The summed E-state index contributed by atoms with van der Waals surface area (Å²) in [6, 6.07) is 4.98. The molecule has 2 aliphatic carbocycles. The Kier molecular flexibility index (Phi) is 11.3. The first-order chi connectivity index (χ1) is 19.5. The fraction of sp³-hybridized carbons (Fsp3) is 0.571. The van der Waals surface area contributed by atoms with E-state index in [-0.39, 0.29) is 34.9 Å². The second-order valence-electron chi connectivity index (χ2n) is 10.6. The lowest BCUT2D eigenvalue weighted by Gasteiger charge is -2.18. The van der Waals surface area contributed by atoms with E-state index in [1.807, 2.05) is 4.72 Å². The summed E-state index contributed by atoms with van der Waals surface area (Å²) in [5.41, 5.74) is 4.71. The standard InChI is InChI=1S/C28H40N4O8S/c1-3-19-18-28(19,29)26(35)32-41(37,38)23-16-11-10-14-21(23)30-24(33)17-7-5-4-6-15-22(25(34)39-2)31-27(36)40-20-12-8-9-13-20/h3,10-11,14,16,19-20,22H,1,4-9,12-13,15,17-18,29H2,2H3,(H,30,33)(H,31,36)(H,32,35)/t19-,22+,28+/m1/s1. The quantitative estimate of drug-likeness (QED) is 0.135. The lowest BCUT2D eigenvalue weighted by atomic mass is 10.1. The normalized spacial score (nSPS) is 20.9.